The highest BCUT2D eigenvalue weighted by molar-refractivity contribution is 7.99. The number of esters is 1. The number of hydrogen-bond donors (Lipinski definition) is 1. The second-order valence-electron chi connectivity index (χ2n) is 3.89. The van der Waals surface area contributed by atoms with Gasteiger partial charge in [-0.05, 0) is 18.2 Å². The number of ether oxygens (including phenoxy) is 1. The molecule has 0 amide bonds. The number of halogens is 1. The van der Waals surface area contributed by atoms with Crippen LogP contribution >= 0.6 is 11.8 Å². The van der Waals surface area contributed by atoms with Crippen molar-refractivity contribution >= 4 is 27.8 Å². The molecule has 0 aromatic heterocycles. The Morgan fingerprint density at radius 3 is 2.86 bits per heavy atom. The summed E-state index contributed by atoms with van der Waals surface area (Å²) in [6, 6.07) is 2.89. The molecule has 21 heavy (non-hydrogen) atoms. The van der Waals surface area contributed by atoms with E-state index in [1.54, 1.807) is 6.08 Å². The van der Waals surface area contributed by atoms with Gasteiger partial charge in [-0.2, -0.15) is 11.8 Å². The van der Waals surface area contributed by atoms with E-state index in [-0.39, 0.29) is 12.1 Å². The third-order valence-corrected chi connectivity index (χ3v) is 4.88. The molecule has 0 aliphatic rings. The molecule has 1 N–H and O–H groups in total. The van der Waals surface area contributed by atoms with Gasteiger partial charge in [0, 0.05) is 18.1 Å². The zero-order valence-corrected chi connectivity index (χ0v) is 13.1. The van der Waals surface area contributed by atoms with Crippen molar-refractivity contribution in [3.05, 3.63) is 42.2 Å². The maximum absolute atomic E-state index is 13.3. The highest BCUT2D eigenvalue weighted by Crippen LogP contribution is 2.18. The van der Waals surface area contributed by atoms with Crippen molar-refractivity contribution in [2.24, 2.45) is 0 Å². The first-order valence-electron chi connectivity index (χ1n) is 5.98. The first kappa shape index (κ1) is 17.7. The van der Waals surface area contributed by atoms with E-state index < -0.39 is 26.7 Å². The summed E-state index contributed by atoms with van der Waals surface area (Å²) in [4.78, 5) is 11.1. The highest BCUT2D eigenvalue weighted by atomic mass is 32.2. The van der Waals surface area contributed by atoms with Crippen LogP contribution in [0.15, 0.2) is 35.7 Å². The van der Waals surface area contributed by atoms with Gasteiger partial charge < -0.3 is 4.74 Å². The molecule has 0 saturated heterocycles. The summed E-state index contributed by atoms with van der Waals surface area (Å²) in [5.74, 6) is -0.344. The molecule has 116 valence electrons. The molecular formula is C13H16FNO4S2. The number of thioether (sulfide) groups is 1. The Morgan fingerprint density at radius 1 is 1.52 bits per heavy atom. The Hall–Kier alpha value is -1.38. The molecule has 5 nitrogen and oxygen atoms in total. The van der Waals surface area contributed by atoms with Crippen LogP contribution in [0.2, 0.25) is 0 Å². The molecule has 0 unspecified atom stereocenters. The van der Waals surface area contributed by atoms with Gasteiger partial charge in [0.25, 0.3) is 0 Å². The summed E-state index contributed by atoms with van der Waals surface area (Å²) in [6.45, 7) is 3.72. The lowest BCUT2D eigenvalue weighted by Crippen LogP contribution is -2.28. The van der Waals surface area contributed by atoms with Gasteiger partial charge in [-0.15, -0.1) is 6.58 Å². The van der Waals surface area contributed by atoms with Crippen molar-refractivity contribution in [2.75, 3.05) is 25.2 Å². The lowest BCUT2D eigenvalue weighted by Gasteiger charge is -2.10. The molecule has 0 aliphatic heterocycles. The maximum Gasteiger partial charge on any atom is 0.339 e. The van der Waals surface area contributed by atoms with Crippen molar-refractivity contribution < 1.29 is 22.3 Å². The zero-order valence-electron chi connectivity index (χ0n) is 11.5. The average Bonchev–Trinajstić information content (AvgIpc) is 2.46. The first-order chi connectivity index (χ1) is 9.92. The predicted octanol–water partition coefficient (Wildman–Crippen LogP) is 1.81. The number of nitrogens with one attached hydrogen (secondary N) is 1. The zero-order chi connectivity index (χ0) is 15.9. The van der Waals surface area contributed by atoms with Gasteiger partial charge in [0.1, 0.15) is 5.82 Å². The minimum absolute atomic E-state index is 0.165. The van der Waals surface area contributed by atoms with E-state index in [0.29, 0.717) is 11.5 Å². The van der Waals surface area contributed by atoms with Crippen molar-refractivity contribution in [3.63, 3.8) is 0 Å². The van der Waals surface area contributed by atoms with Crippen LogP contribution in [0.4, 0.5) is 4.39 Å². The smallest absolute Gasteiger partial charge is 0.339 e. The summed E-state index contributed by atoms with van der Waals surface area (Å²) in [6.07, 6.45) is 1.71. The van der Waals surface area contributed by atoms with Gasteiger partial charge in [-0.25, -0.2) is 22.3 Å². The fraction of sp³-hybridized carbons (Fsp3) is 0.308. The Morgan fingerprint density at radius 2 is 2.24 bits per heavy atom. The first-order valence-corrected chi connectivity index (χ1v) is 8.62. The van der Waals surface area contributed by atoms with Gasteiger partial charge in [0.2, 0.25) is 10.0 Å². The second-order valence-corrected chi connectivity index (χ2v) is 6.78. The summed E-state index contributed by atoms with van der Waals surface area (Å²) in [5, 5.41) is 0. The van der Waals surface area contributed by atoms with E-state index in [1.165, 1.54) is 11.8 Å². The molecule has 8 heteroatoms. The van der Waals surface area contributed by atoms with Crippen molar-refractivity contribution in [1.29, 1.82) is 0 Å². The number of hydrogen-bond acceptors (Lipinski definition) is 5. The Kier molecular flexibility index (Phi) is 6.86. The summed E-state index contributed by atoms with van der Waals surface area (Å²) in [5.41, 5.74) is -0.204. The lowest BCUT2D eigenvalue weighted by atomic mass is 10.2. The number of methoxy groups -OCH3 is 1. The number of sulfonamides is 1. The van der Waals surface area contributed by atoms with Crippen LogP contribution in [0.5, 0.6) is 0 Å². The molecule has 0 fully saturated rings. The summed E-state index contributed by atoms with van der Waals surface area (Å²) < 4.78 is 44.4. The standard InChI is InChI=1S/C13H16FNO4S2/c1-3-7-20-8-6-15-21(17,18)12-9-10(14)4-5-11(12)13(16)19-2/h3-5,9,15H,1,6-8H2,2H3. The van der Waals surface area contributed by atoms with Gasteiger partial charge in [0.05, 0.1) is 17.6 Å². The second kappa shape index (κ2) is 8.16. The van der Waals surface area contributed by atoms with Crippen LogP contribution in [0.3, 0.4) is 0 Å². The quantitative estimate of drug-likeness (QED) is 0.446. The van der Waals surface area contributed by atoms with E-state index in [4.69, 9.17) is 0 Å². The topological polar surface area (TPSA) is 72.5 Å². The van der Waals surface area contributed by atoms with Gasteiger partial charge in [-0.1, -0.05) is 6.08 Å². The maximum atomic E-state index is 13.3. The number of rotatable bonds is 8. The highest BCUT2D eigenvalue weighted by Gasteiger charge is 2.23. The van der Waals surface area contributed by atoms with Crippen LogP contribution in [-0.2, 0) is 14.8 Å². The fourth-order valence-corrected chi connectivity index (χ4v) is 3.43. The van der Waals surface area contributed by atoms with Crippen molar-refractivity contribution in [2.45, 2.75) is 4.90 Å². The van der Waals surface area contributed by atoms with Crippen molar-refractivity contribution in [3.8, 4) is 0 Å². The summed E-state index contributed by atoms with van der Waals surface area (Å²) >= 11 is 1.50. The van der Waals surface area contributed by atoms with E-state index in [2.05, 4.69) is 16.0 Å². The number of carbonyl (C=O) groups excluding carboxylic acids is 1. The third kappa shape index (κ3) is 5.14. The Bertz CT molecular complexity index is 617. The molecular weight excluding hydrogens is 317 g/mol. The normalized spacial score (nSPS) is 11.1. The largest absolute Gasteiger partial charge is 0.465 e. The Labute approximate surface area is 127 Å². The van der Waals surface area contributed by atoms with E-state index >= 15 is 0 Å². The molecule has 1 aromatic rings. The van der Waals surface area contributed by atoms with E-state index in [0.717, 1.165) is 25.3 Å². The third-order valence-electron chi connectivity index (χ3n) is 2.41. The van der Waals surface area contributed by atoms with E-state index in [1.807, 2.05) is 0 Å². The molecule has 0 spiro atoms. The minimum atomic E-state index is -3.99. The molecule has 0 saturated carbocycles. The van der Waals surface area contributed by atoms with Crippen LogP contribution in [0, 0.1) is 5.82 Å². The monoisotopic (exact) mass is 333 g/mol. The molecule has 0 aliphatic carbocycles. The van der Waals surface area contributed by atoms with Crippen LogP contribution in [0.1, 0.15) is 10.4 Å². The molecule has 0 bridgehead atoms. The Balaban J connectivity index is 2.93. The SMILES string of the molecule is C=CCSCCNS(=O)(=O)c1cc(F)ccc1C(=O)OC. The molecule has 0 atom stereocenters. The van der Waals surface area contributed by atoms with Gasteiger partial charge in [-0.3, -0.25) is 0 Å². The fourth-order valence-electron chi connectivity index (χ4n) is 1.49. The molecule has 1 rings (SSSR count). The minimum Gasteiger partial charge on any atom is -0.465 e. The van der Waals surface area contributed by atoms with E-state index in [9.17, 15) is 17.6 Å². The van der Waals surface area contributed by atoms with Gasteiger partial charge >= 0.3 is 5.97 Å². The van der Waals surface area contributed by atoms with Crippen LogP contribution < -0.4 is 4.72 Å². The number of carbonyl (C=O) groups is 1. The molecule has 0 heterocycles. The summed E-state index contributed by atoms with van der Waals surface area (Å²) in [7, 11) is -2.86. The number of benzene rings is 1. The van der Waals surface area contributed by atoms with Crippen LogP contribution in [-0.4, -0.2) is 39.5 Å². The van der Waals surface area contributed by atoms with Gasteiger partial charge in [0.15, 0.2) is 0 Å². The van der Waals surface area contributed by atoms with Crippen LogP contribution in [0.25, 0.3) is 0 Å². The van der Waals surface area contributed by atoms with Crippen molar-refractivity contribution in [1.82, 2.24) is 4.72 Å². The average molecular weight is 333 g/mol. The predicted molar refractivity (Wildman–Crippen MR) is 80.5 cm³/mol. The lowest BCUT2D eigenvalue weighted by molar-refractivity contribution is 0.0596. The molecule has 1 aromatic carbocycles. The molecule has 0 radical (unpaired) electrons.